The lowest BCUT2D eigenvalue weighted by molar-refractivity contribution is -0.122. The van der Waals surface area contributed by atoms with Gasteiger partial charge in [0.05, 0.1) is 12.8 Å². The minimum Gasteiger partial charge on any atom is -0.494 e. The summed E-state index contributed by atoms with van der Waals surface area (Å²) in [7, 11) is 1.66. The molecule has 2 aromatic rings. The molecule has 210 valence electrons. The van der Waals surface area contributed by atoms with Crippen LogP contribution in [0.15, 0.2) is 24.4 Å². The van der Waals surface area contributed by atoms with E-state index in [0.29, 0.717) is 36.5 Å². The van der Waals surface area contributed by atoms with Crippen molar-refractivity contribution in [3.8, 4) is 5.75 Å². The number of benzene rings is 1. The smallest absolute Gasteiger partial charge is 0.229 e. The fourth-order valence-corrected chi connectivity index (χ4v) is 6.02. The van der Waals surface area contributed by atoms with Crippen molar-refractivity contribution in [3.05, 3.63) is 30.0 Å². The highest BCUT2D eigenvalue weighted by atomic mass is 16.5. The first kappa shape index (κ1) is 27.2. The van der Waals surface area contributed by atoms with Crippen molar-refractivity contribution in [2.45, 2.75) is 64.5 Å². The van der Waals surface area contributed by atoms with Gasteiger partial charge >= 0.3 is 0 Å². The molecule has 1 aliphatic carbocycles. The number of carbonyl (C=O) groups is 2. The van der Waals surface area contributed by atoms with Crippen LogP contribution in [0.25, 0.3) is 0 Å². The van der Waals surface area contributed by atoms with Crippen molar-refractivity contribution in [2.75, 3.05) is 55.0 Å². The molecule has 5 rings (SSSR count). The lowest BCUT2D eigenvalue weighted by Gasteiger charge is -2.38. The molecule has 39 heavy (non-hydrogen) atoms. The SMILES string of the molecule is COc1cc(N2CCN(C(C)C)CC2)ccc1Nc1ncc(CC2CCNC2=O)c(N(C=O)C2CCCC2)n1. The van der Waals surface area contributed by atoms with Crippen LogP contribution in [0.4, 0.5) is 23.1 Å². The molecular weight excluding hydrogens is 494 g/mol. The van der Waals surface area contributed by atoms with Crippen LogP contribution in [-0.2, 0) is 16.0 Å². The Labute approximate surface area is 231 Å². The van der Waals surface area contributed by atoms with E-state index in [2.05, 4.69) is 51.4 Å². The fraction of sp³-hybridized carbons (Fsp3) is 0.586. The molecule has 1 unspecified atom stereocenters. The standard InChI is InChI=1S/C29H41N7O3/c1-20(2)34-12-14-35(15-13-34)24-8-9-25(26(17-24)39-3)32-29-31-18-22(16-21-10-11-30-28(21)38)27(33-29)36(19-37)23-6-4-5-7-23/h8-9,17-21,23H,4-7,10-16H2,1-3H3,(H,30,38)(H,31,32,33). The van der Waals surface area contributed by atoms with Gasteiger partial charge in [-0.2, -0.15) is 4.98 Å². The highest BCUT2D eigenvalue weighted by Crippen LogP contribution is 2.34. The summed E-state index contributed by atoms with van der Waals surface area (Å²) in [5.41, 5.74) is 2.71. The predicted octanol–water partition coefficient (Wildman–Crippen LogP) is 3.34. The highest BCUT2D eigenvalue weighted by molar-refractivity contribution is 5.82. The maximum Gasteiger partial charge on any atom is 0.229 e. The molecule has 3 fully saturated rings. The zero-order valence-electron chi connectivity index (χ0n) is 23.4. The van der Waals surface area contributed by atoms with Crippen LogP contribution in [0.2, 0.25) is 0 Å². The first-order valence-corrected chi connectivity index (χ1v) is 14.3. The number of hydrogen-bond donors (Lipinski definition) is 2. The molecule has 10 heteroatoms. The average Bonchev–Trinajstić information content (AvgIpc) is 3.63. The quantitative estimate of drug-likeness (QED) is 0.447. The van der Waals surface area contributed by atoms with Gasteiger partial charge in [0.1, 0.15) is 11.6 Å². The summed E-state index contributed by atoms with van der Waals surface area (Å²) < 4.78 is 5.75. The van der Waals surface area contributed by atoms with E-state index in [1.165, 1.54) is 0 Å². The van der Waals surface area contributed by atoms with Gasteiger partial charge in [0, 0.05) is 74.2 Å². The third-order valence-corrected chi connectivity index (χ3v) is 8.39. The molecule has 1 saturated carbocycles. The van der Waals surface area contributed by atoms with Crippen molar-refractivity contribution in [3.63, 3.8) is 0 Å². The first-order chi connectivity index (χ1) is 19.0. The Kier molecular flexibility index (Phi) is 8.50. The van der Waals surface area contributed by atoms with Crippen molar-refractivity contribution in [1.82, 2.24) is 20.2 Å². The van der Waals surface area contributed by atoms with Crippen LogP contribution < -0.4 is 25.2 Å². The van der Waals surface area contributed by atoms with Crippen LogP contribution in [0.5, 0.6) is 5.75 Å². The number of ether oxygens (including phenoxy) is 1. The van der Waals surface area contributed by atoms with Gasteiger partial charge in [0.2, 0.25) is 18.3 Å². The van der Waals surface area contributed by atoms with E-state index in [9.17, 15) is 9.59 Å². The Bertz CT molecular complexity index is 1160. The molecule has 3 heterocycles. The molecule has 0 radical (unpaired) electrons. The molecule has 0 spiro atoms. The summed E-state index contributed by atoms with van der Waals surface area (Å²) in [5, 5.41) is 6.22. The number of hydrogen-bond acceptors (Lipinski definition) is 8. The molecule has 0 bridgehead atoms. The third kappa shape index (κ3) is 6.11. The molecule has 1 atom stereocenters. The largest absolute Gasteiger partial charge is 0.494 e. The van der Waals surface area contributed by atoms with E-state index < -0.39 is 0 Å². The highest BCUT2D eigenvalue weighted by Gasteiger charge is 2.30. The number of rotatable bonds is 10. The number of aromatic nitrogens is 2. The topological polar surface area (TPSA) is 103 Å². The summed E-state index contributed by atoms with van der Waals surface area (Å²) >= 11 is 0. The van der Waals surface area contributed by atoms with E-state index in [0.717, 1.165) is 81.6 Å². The maximum atomic E-state index is 12.3. The number of amides is 2. The Hall–Kier alpha value is -3.40. The van der Waals surface area contributed by atoms with Gasteiger partial charge in [-0.25, -0.2) is 4.98 Å². The van der Waals surface area contributed by atoms with Crippen molar-refractivity contribution >= 4 is 35.5 Å². The summed E-state index contributed by atoms with van der Waals surface area (Å²) in [5.74, 6) is 1.62. The summed E-state index contributed by atoms with van der Waals surface area (Å²) in [6.45, 7) is 9.20. The summed E-state index contributed by atoms with van der Waals surface area (Å²) in [6, 6.07) is 6.82. The molecule has 10 nitrogen and oxygen atoms in total. The molecule has 3 aliphatic rings. The van der Waals surface area contributed by atoms with Crippen LogP contribution in [-0.4, -0.2) is 79.1 Å². The number of nitrogens with one attached hydrogen (secondary N) is 2. The van der Waals surface area contributed by atoms with Crippen LogP contribution in [0.3, 0.4) is 0 Å². The van der Waals surface area contributed by atoms with Gasteiger partial charge in [-0.05, 0) is 51.7 Å². The van der Waals surface area contributed by atoms with Crippen molar-refractivity contribution < 1.29 is 14.3 Å². The molecule has 2 amide bonds. The molecule has 1 aromatic heterocycles. The number of methoxy groups -OCH3 is 1. The van der Waals surface area contributed by atoms with Crippen LogP contribution >= 0.6 is 0 Å². The Morgan fingerprint density at radius 3 is 2.59 bits per heavy atom. The van der Waals surface area contributed by atoms with Gasteiger partial charge in [0.15, 0.2) is 0 Å². The normalized spacial score (nSPS) is 20.4. The lowest BCUT2D eigenvalue weighted by Crippen LogP contribution is -2.48. The predicted molar refractivity (Wildman–Crippen MR) is 153 cm³/mol. The first-order valence-electron chi connectivity index (χ1n) is 14.3. The Balaban J connectivity index is 1.38. The second-order valence-electron chi connectivity index (χ2n) is 11.1. The average molecular weight is 536 g/mol. The number of carbonyl (C=O) groups excluding carboxylic acids is 2. The van der Waals surface area contributed by atoms with Gasteiger partial charge in [-0.3, -0.25) is 19.4 Å². The summed E-state index contributed by atoms with van der Waals surface area (Å²) in [6.07, 6.45) is 8.04. The number of anilines is 4. The Morgan fingerprint density at radius 1 is 1.18 bits per heavy atom. The fourth-order valence-electron chi connectivity index (χ4n) is 6.02. The third-order valence-electron chi connectivity index (χ3n) is 8.39. The zero-order chi connectivity index (χ0) is 27.4. The van der Waals surface area contributed by atoms with Gasteiger partial charge in [-0.1, -0.05) is 12.8 Å². The minimum atomic E-state index is -0.127. The van der Waals surface area contributed by atoms with Gasteiger partial charge in [0.25, 0.3) is 0 Å². The lowest BCUT2D eigenvalue weighted by atomic mass is 9.99. The number of nitrogens with zero attached hydrogens (tertiary/aromatic N) is 5. The van der Waals surface area contributed by atoms with Gasteiger partial charge < -0.3 is 20.3 Å². The Morgan fingerprint density at radius 2 is 1.95 bits per heavy atom. The zero-order valence-corrected chi connectivity index (χ0v) is 23.4. The van der Waals surface area contributed by atoms with Crippen molar-refractivity contribution in [2.24, 2.45) is 5.92 Å². The van der Waals surface area contributed by atoms with Crippen LogP contribution in [0, 0.1) is 5.92 Å². The summed E-state index contributed by atoms with van der Waals surface area (Å²) in [4.78, 5) is 40.6. The van der Waals surface area contributed by atoms with E-state index >= 15 is 0 Å². The van der Waals surface area contributed by atoms with Crippen LogP contribution in [0.1, 0.15) is 51.5 Å². The van der Waals surface area contributed by atoms with E-state index in [-0.39, 0.29) is 17.9 Å². The van der Waals surface area contributed by atoms with E-state index in [1.54, 1.807) is 18.2 Å². The van der Waals surface area contributed by atoms with Gasteiger partial charge in [-0.15, -0.1) is 0 Å². The second-order valence-corrected chi connectivity index (χ2v) is 11.1. The molecule has 2 saturated heterocycles. The monoisotopic (exact) mass is 535 g/mol. The molecule has 2 aliphatic heterocycles. The van der Waals surface area contributed by atoms with E-state index in [1.807, 2.05) is 6.07 Å². The van der Waals surface area contributed by atoms with Crippen molar-refractivity contribution in [1.29, 1.82) is 0 Å². The minimum absolute atomic E-state index is 0.0529. The molecule has 1 aromatic carbocycles. The second kappa shape index (κ2) is 12.2. The maximum absolute atomic E-state index is 12.3. The number of piperazine rings is 1. The van der Waals surface area contributed by atoms with E-state index in [4.69, 9.17) is 9.72 Å². The molecule has 2 N–H and O–H groups in total. The molecular formula is C29H41N7O3.